The van der Waals surface area contributed by atoms with Crippen LogP contribution in [-0.4, -0.2) is 9.13 Å². The zero-order valence-corrected chi connectivity index (χ0v) is 29.4. The minimum atomic E-state index is 0.549. The number of rotatable bonds is 4. The van der Waals surface area contributed by atoms with Crippen LogP contribution < -0.4 is 0 Å². The smallest absolute Gasteiger partial charge is 0.145 e. The Morgan fingerprint density at radius 2 is 1.09 bits per heavy atom. The molecule has 0 radical (unpaired) electrons. The zero-order chi connectivity index (χ0) is 36.6. The summed E-state index contributed by atoms with van der Waals surface area (Å²) in [7, 11) is 0. The molecule has 5 heteroatoms. The first-order valence-electron chi connectivity index (χ1n) is 18.2. The molecule has 254 valence electrons. The van der Waals surface area contributed by atoms with Crippen molar-refractivity contribution in [1.29, 1.82) is 10.5 Å². The largest absolute Gasteiger partial charge is 0.455 e. The van der Waals surface area contributed by atoms with E-state index in [1.165, 1.54) is 0 Å². The fourth-order valence-electron chi connectivity index (χ4n) is 8.66. The first kappa shape index (κ1) is 30.7. The van der Waals surface area contributed by atoms with Crippen LogP contribution in [0.25, 0.3) is 99.2 Å². The molecule has 0 aliphatic heterocycles. The second-order valence-electron chi connectivity index (χ2n) is 13.9. The van der Waals surface area contributed by atoms with Crippen molar-refractivity contribution in [3.8, 4) is 45.8 Å². The number of fused-ring (bicyclic) bond motifs is 10. The van der Waals surface area contributed by atoms with E-state index in [1.54, 1.807) is 6.07 Å². The number of nitrogens with zero attached hydrogens (tertiary/aromatic N) is 4. The summed E-state index contributed by atoms with van der Waals surface area (Å²) in [5, 5.41) is 27.2. The van der Waals surface area contributed by atoms with E-state index >= 15 is 0 Å². The second kappa shape index (κ2) is 11.8. The van der Waals surface area contributed by atoms with E-state index in [-0.39, 0.29) is 0 Å². The molecule has 0 fully saturated rings. The topological polar surface area (TPSA) is 70.6 Å². The number of furan rings is 1. The van der Waals surface area contributed by atoms with Gasteiger partial charge in [-0.2, -0.15) is 10.5 Å². The maximum atomic E-state index is 10.9. The molecule has 0 atom stereocenters. The predicted molar refractivity (Wildman–Crippen MR) is 223 cm³/mol. The number of benzene rings is 8. The maximum Gasteiger partial charge on any atom is 0.145 e. The highest BCUT2D eigenvalue weighted by atomic mass is 16.3. The predicted octanol–water partition coefficient (Wildman–Crippen LogP) is 12.9. The van der Waals surface area contributed by atoms with Crippen LogP contribution in [0.4, 0.5) is 0 Å². The van der Waals surface area contributed by atoms with Crippen LogP contribution in [0.5, 0.6) is 0 Å². The van der Waals surface area contributed by atoms with Crippen LogP contribution in [-0.2, 0) is 0 Å². The van der Waals surface area contributed by atoms with Gasteiger partial charge in [-0.1, -0.05) is 109 Å². The molecule has 0 saturated carbocycles. The number of hydrogen-bond donors (Lipinski definition) is 0. The van der Waals surface area contributed by atoms with Crippen LogP contribution in [0.2, 0.25) is 0 Å². The maximum absolute atomic E-state index is 10.9. The van der Waals surface area contributed by atoms with Crippen LogP contribution in [0.1, 0.15) is 11.1 Å². The second-order valence-corrected chi connectivity index (χ2v) is 13.9. The fourth-order valence-corrected chi connectivity index (χ4v) is 8.66. The molecule has 0 amide bonds. The van der Waals surface area contributed by atoms with Crippen LogP contribution in [0.3, 0.4) is 0 Å². The van der Waals surface area contributed by atoms with E-state index in [1.807, 2.05) is 48.5 Å². The van der Waals surface area contributed by atoms with E-state index in [0.29, 0.717) is 11.1 Å². The average Bonchev–Trinajstić information content (AvgIpc) is 3.91. The summed E-state index contributed by atoms with van der Waals surface area (Å²) in [5.41, 5.74) is 12.4. The molecule has 11 aromatic rings. The molecule has 0 aliphatic carbocycles. The Kier molecular flexibility index (Phi) is 6.61. The van der Waals surface area contributed by atoms with Gasteiger partial charge >= 0.3 is 0 Å². The normalized spacial score (nSPS) is 11.6. The lowest BCUT2D eigenvalue weighted by atomic mass is 9.91. The molecule has 5 nitrogen and oxygen atoms in total. The van der Waals surface area contributed by atoms with Crippen LogP contribution in [0.15, 0.2) is 174 Å². The summed E-state index contributed by atoms with van der Waals surface area (Å²) in [6, 6.07) is 62.9. The van der Waals surface area contributed by atoms with Gasteiger partial charge in [0.05, 0.1) is 50.3 Å². The van der Waals surface area contributed by atoms with E-state index in [2.05, 4.69) is 137 Å². The third-order valence-electron chi connectivity index (χ3n) is 11.0. The summed E-state index contributed by atoms with van der Waals surface area (Å²) in [5.74, 6) is 0. The lowest BCUT2D eigenvalue weighted by Gasteiger charge is -2.19. The summed E-state index contributed by atoms with van der Waals surface area (Å²) in [6.45, 7) is 0. The zero-order valence-electron chi connectivity index (χ0n) is 29.4. The standard InChI is InChI=1S/C50H28N4O/c51-29-31-11-9-12-32(27-31)34-17-10-18-35(42(34)30-52)38-24-23-33(28-47(38)54-43-19-5-1-13-36(43)37-14-2-6-20-44(37)54)53-45-21-7-3-16-41(45)49-46(53)26-25-40-39-15-4-8-22-48(39)55-50(40)49/h1-28H. The highest BCUT2D eigenvalue weighted by Crippen LogP contribution is 2.43. The van der Waals surface area contributed by atoms with Gasteiger partial charge in [0.1, 0.15) is 17.2 Å². The molecule has 0 unspecified atom stereocenters. The first-order chi connectivity index (χ1) is 27.2. The molecule has 3 heterocycles. The Labute approximate surface area is 315 Å². The Hall–Kier alpha value is -7.86. The van der Waals surface area contributed by atoms with Gasteiger partial charge in [0, 0.05) is 49.3 Å². The highest BCUT2D eigenvalue weighted by molar-refractivity contribution is 6.24. The van der Waals surface area contributed by atoms with Gasteiger partial charge in [-0.3, -0.25) is 0 Å². The van der Waals surface area contributed by atoms with E-state index in [4.69, 9.17) is 4.42 Å². The fraction of sp³-hybridized carbons (Fsp3) is 0. The van der Waals surface area contributed by atoms with Gasteiger partial charge in [0.15, 0.2) is 0 Å². The van der Waals surface area contributed by atoms with Crippen LogP contribution in [0, 0.1) is 22.7 Å². The van der Waals surface area contributed by atoms with E-state index < -0.39 is 0 Å². The molecule has 0 N–H and O–H groups in total. The summed E-state index contributed by atoms with van der Waals surface area (Å²) >= 11 is 0. The molecule has 8 aromatic carbocycles. The van der Waals surface area contributed by atoms with Crippen molar-refractivity contribution in [1.82, 2.24) is 9.13 Å². The third kappa shape index (κ3) is 4.45. The third-order valence-corrected chi connectivity index (χ3v) is 11.0. The van der Waals surface area contributed by atoms with Crippen LogP contribution >= 0.6 is 0 Å². The number of para-hydroxylation sites is 4. The van der Waals surface area contributed by atoms with Crippen molar-refractivity contribution in [2.45, 2.75) is 0 Å². The Morgan fingerprint density at radius 1 is 0.436 bits per heavy atom. The van der Waals surface area contributed by atoms with Gasteiger partial charge in [-0.05, 0) is 66.2 Å². The molecular formula is C50H28N4O. The molecule has 0 spiro atoms. The van der Waals surface area contributed by atoms with Crippen molar-refractivity contribution >= 4 is 65.6 Å². The highest BCUT2D eigenvalue weighted by Gasteiger charge is 2.23. The van der Waals surface area contributed by atoms with Gasteiger partial charge in [-0.15, -0.1) is 0 Å². The van der Waals surface area contributed by atoms with E-state index in [9.17, 15) is 10.5 Å². The molecule has 11 rings (SSSR count). The number of hydrogen-bond acceptors (Lipinski definition) is 3. The number of aromatic nitrogens is 2. The quantitative estimate of drug-likeness (QED) is 0.183. The number of nitriles is 2. The molecule has 3 aromatic heterocycles. The van der Waals surface area contributed by atoms with Gasteiger partial charge in [-0.25, -0.2) is 0 Å². The lowest BCUT2D eigenvalue weighted by Crippen LogP contribution is -2.02. The van der Waals surface area contributed by atoms with Crippen molar-refractivity contribution in [2.75, 3.05) is 0 Å². The first-order valence-corrected chi connectivity index (χ1v) is 18.2. The Bertz CT molecular complexity index is 3420. The monoisotopic (exact) mass is 700 g/mol. The molecule has 0 aliphatic rings. The minimum absolute atomic E-state index is 0.549. The van der Waals surface area contributed by atoms with Gasteiger partial charge in [0.25, 0.3) is 0 Å². The average molecular weight is 701 g/mol. The van der Waals surface area contributed by atoms with Crippen molar-refractivity contribution in [3.63, 3.8) is 0 Å². The molecule has 55 heavy (non-hydrogen) atoms. The minimum Gasteiger partial charge on any atom is -0.455 e. The van der Waals surface area contributed by atoms with Gasteiger partial charge in [0.2, 0.25) is 0 Å². The molecule has 0 saturated heterocycles. The Balaban J connectivity index is 1.24. The van der Waals surface area contributed by atoms with E-state index in [0.717, 1.165) is 99.2 Å². The van der Waals surface area contributed by atoms with Crippen molar-refractivity contribution < 1.29 is 4.42 Å². The lowest BCUT2D eigenvalue weighted by molar-refractivity contribution is 0.673. The summed E-state index contributed by atoms with van der Waals surface area (Å²) < 4.78 is 11.3. The SMILES string of the molecule is N#Cc1cccc(-c2cccc(-c3ccc(-n4c5ccccc5c5c6oc7ccccc7c6ccc54)cc3-n3c4ccccc4c4ccccc43)c2C#N)c1. The summed E-state index contributed by atoms with van der Waals surface area (Å²) in [4.78, 5) is 0. The summed E-state index contributed by atoms with van der Waals surface area (Å²) in [6.07, 6.45) is 0. The molecular weight excluding hydrogens is 673 g/mol. The molecule has 0 bridgehead atoms. The van der Waals surface area contributed by atoms with Gasteiger partial charge < -0.3 is 13.6 Å². The Morgan fingerprint density at radius 3 is 1.84 bits per heavy atom. The van der Waals surface area contributed by atoms with Crippen molar-refractivity contribution in [2.24, 2.45) is 0 Å². The van der Waals surface area contributed by atoms with Crippen molar-refractivity contribution in [3.05, 3.63) is 181 Å².